The third-order valence-corrected chi connectivity index (χ3v) is 5.58. The van der Waals surface area contributed by atoms with Gasteiger partial charge in [0.05, 0.1) is 25.4 Å². The molecule has 1 aliphatic carbocycles. The standard InChI is InChI=1S/C16H28N2O4.ClH/c1-2-22-14-10-13(19)16(14)3-6-18(7-4-16)15(20)9-12-11-21-8-5-17-12;/h12-14,17,19H,2-11H2,1H3;1H. The van der Waals surface area contributed by atoms with Crippen LogP contribution in [0.25, 0.3) is 0 Å². The molecule has 6 nitrogen and oxygen atoms in total. The molecule has 0 bridgehead atoms. The molecule has 1 saturated carbocycles. The van der Waals surface area contributed by atoms with Gasteiger partial charge in [0.1, 0.15) is 0 Å². The number of hydrogen-bond acceptors (Lipinski definition) is 5. The number of ether oxygens (including phenoxy) is 2. The van der Waals surface area contributed by atoms with E-state index >= 15 is 0 Å². The zero-order chi connectivity index (χ0) is 15.6. The summed E-state index contributed by atoms with van der Waals surface area (Å²) in [6.45, 7) is 6.32. The summed E-state index contributed by atoms with van der Waals surface area (Å²) in [5, 5.41) is 13.5. The van der Waals surface area contributed by atoms with E-state index in [1.807, 2.05) is 11.8 Å². The summed E-state index contributed by atoms with van der Waals surface area (Å²) in [5.41, 5.74) is -0.112. The molecule has 0 radical (unpaired) electrons. The van der Waals surface area contributed by atoms with E-state index in [1.165, 1.54) is 0 Å². The molecule has 23 heavy (non-hydrogen) atoms. The van der Waals surface area contributed by atoms with E-state index in [0.717, 1.165) is 45.5 Å². The quantitative estimate of drug-likeness (QED) is 0.777. The number of rotatable bonds is 4. The summed E-state index contributed by atoms with van der Waals surface area (Å²) < 4.78 is 11.2. The topological polar surface area (TPSA) is 71.0 Å². The number of piperidine rings is 1. The van der Waals surface area contributed by atoms with E-state index in [0.29, 0.717) is 19.6 Å². The average Bonchev–Trinajstić information content (AvgIpc) is 2.56. The number of likely N-dealkylation sites (tertiary alicyclic amines) is 1. The first-order valence-corrected chi connectivity index (χ1v) is 8.54. The number of aliphatic hydroxyl groups is 1. The lowest BCUT2D eigenvalue weighted by Gasteiger charge is -2.56. The fraction of sp³-hybridized carbons (Fsp3) is 0.938. The molecule has 0 aromatic rings. The number of carbonyl (C=O) groups excluding carboxylic acids is 1. The highest BCUT2D eigenvalue weighted by Crippen LogP contribution is 2.50. The Balaban J connectivity index is 0.00000192. The van der Waals surface area contributed by atoms with Crippen molar-refractivity contribution in [2.24, 2.45) is 5.41 Å². The number of aliphatic hydroxyl groups excluding tert-OH is 1. The number of halogens is 1. The lowest BCUT2D eigenvalue weighted by molar-refractivity contribution is -0.210. The average molecular weight is 349 g/mol. The number of carbonyl (C=O) groups is 1. The van der Waals surface area contributed by atoms with E-state index in [4.69, 9.17) is 9.47 Å². The predicted molar refractivity (Wildman–Crippen MR) is 88.8 cm³/mol. The highest BCUT2D eigenvalue weighted by molar-refractivity contribution is 5.85. The minimum Gasteiger partial charge on any atom is -0.392 e. The lowest BCUT2D eigenvalue weighted by atomic mass is 9.58. The van der Waals surface area contributed by atoms with Gasteiger partial charge in [-0.1, -0.05) is 0 Å². The molecule has 2 aliphatic heterocycles. The molecule has 3 aliphatic rings. The highest BCUT2D eigenvalue weighted by atomic mass is 35.5. The Kier molecular flexibility index (Phi) is 6.68. The van der Waals surface area contributed by atoms with Crippen LogP contribution in [0.4, 0.5) is 0 Å². The Bertz CT molecular complexity index is 394. The summed E-state index contributed by atoms with van der Waals surface area (Å²) in [5.74, 6) is 0.194. The summed E-state index contributed by atoms with van der Waals surface area (Å²) >= 11 is 0. The van der Waals surface area contributed by atoms with Crippen molar-refractivity contribution >= 4 is 18.3 Å². The normalized spacial score (nSPS) is 33.0. The molecular weight excluding hydrogens is 320 g/mol. The van der Waals surface area contributed by atoms with Crippen LogP contribution >= 0.6 is 12.4 Å². The van der Waals surface area contributed by atoms with Crippen LogP contribution in [0.15, 0.2) is 0 Å². The van der Waals surface area contributed by atoms with Gasteiger partial charge in [0.2, 0.25) is 5.91 Å². The first-order valence-electron chi connectivity index (χ1n) is 8.54. The maximum atomic E-state index is 12.4. The van der Waals surface area contributed by atoms with Crippen molar-refractivity contribution in [2.75, 3.05) is 39.5 Å². The van der Waals surface area contributed by atoms with E-state index in [9.17, 15) is 9.90 Å². The molecule has 0 aromatic heterocycles. The van der Waals surface area contributed by atoms with Crippen molar-refractivity contribution in [1.82, 2.24) is 10.2 Å². The molecular formula is C16H29ClN2O4. The monoisotopic (exact) mass is 348 g/mol. The van der Waals surface area contributed by atoms with Gasteiger partial charge in [-0.15, -0.1) is 12.4 Å². The number of nitrogens with one attached hydrogen (secondary N) is 1. The van der Waals surface area contributed by atoms with E-state index in [-0.39, 0.29) is 42.0 Å². The largest absolute Gasteiger partial charge is 0.392 e. The SMILES string of the molecule is CCOC1CC(O)C12CCN(C(=O)CC1COCCN1)CC2.Cl. The van der Waals surface area contributed by atoms with E-state index < -0.39 is 0 Å². The Labute approximate surface area is 144 Å². The van der Waals surface area contributed by atoms with Gasteiger partial charge in [0, 0.05) is 50.5 Å². The second-order valence-electron chi connectivity index (χ2n) is 6.74. The van der Waals surface area contributed by atoms with E-state index in [2.05, 4.69) is 5.32 Å². The Morgan fingerprint density at radius 3 is 2.74 bits per heavy atom. The summed E-state index contributed by atoms with van der Waals surface area (Å²) in [6.07, 6.45) is 2.83. The molecule has 134 valence electrons. The van der Waals surface area contributed by atoms with Gasteiger partial charge < -0.3 is 24.8 Å². The molecule has 3 rings (SSSR count). The van der Waals surface area contributed by atoms with Crippen molar-refractivity contribution in [2.45, 2.75) is 50.9 Å². The molecule has 0 aromatic carbocycles. The Morgan fingerprint density at radius 1 is 1.43 bits per heavy atom. The second kappa shape index (κ2) is 8.12. The molecule has 3 fully saturated rings. The summed E-state index contributed by atoms with van der Waals surface area (Å²) in [6, 6.07) is 0.141. The molecule has 1 spiro atoms. The van der Waals surface area contributed by atoms with Crippen LogP contribution in [-0.4, -0.2) is 73.6 Å². The highest BCUT2D eigenvalue weighted by Gasteiger charge is 2.56. The predicted octanol–water partition coefficient (Wildman–Crippen LogP) is 0.565. The number of amides is 1. The van der Waals surface area contributed by atoms with Crippen molar-refractivity contribution in [3.05, 3.63) is 0 Å². The van der Waals surface area contributed by atoms with Crippen LogP contribution in [0.3, 0.4) is 0 Å². The third-order valence-electron chi connectivity index (χ3n) is 5.58. The van der Waals surface area contributed by atoms with Gasteiger partial charge in [-0.25, -0.2) is 0 Å². The Morgan fingerprint density at radius 2 is 2.17 bits per heavy atom. The van der Waals surface area contributed by atoms with Gasteiger partial charge >= 0.3 is 0 Å². The fourth-order valence-electron chi connectivity index (χ4n) is 4.08. The summed E-state index contributed by atoms with van der Waals surface area (Å²) in [7, 11) is 0. The molecule has 1 amide bonds. The first kappa shape index (κ1) is 18.9. The van der Waals surface area contributed by atoms with Gasteiger partial charge in [0.15, 0.2) is 0 Å². The van der Waals surface area contributed by atoms with Crippen LogP contribution < -0.4 is 5.32 Å². The van der Waals surface area contributed by atoms with Crippen LogP contribution in [0.5, 0.6) is 0 Å². The van der Waals surface area contributed by atoms with Crippen molar-refractivity contribution in [1.29, 1.82) is 0 Å². The van der Waals surface area contributed by atoms with Crippen LogP contribution in [0, 0.1) is 5.41 Å². The maximum absolute atomic E-state index is 12.4. The molecule has 2 heterocycles. The number of nitrogens with zero attached hydrogens (tertiary/aromatic N) is 1. The van der Waals surface area contributed by atoms with Gasteiger partial charge in [-0.3, -0.25) is 4.79 Å². The van der Waals surface area contributed by atoms with Crippen LogP contribution in [0.2, 0.25) is 0 Å². The lowest BCUT2D eigenvalue weighted by Crippen LogP contribution is -2.63. The molecule has 3 atom stereocenters. The number of hydrogen-bond donors (Lipinski definition) is 2. The van der Waals surface area contributed by atoms with Crippen molar-refractivity contribution in [3.8, 4) is 0 Å². The zero-order valence-corrected chi connectivity index (χ0v) is 14.6. The minimum absolute atomic E-state index is 0. The zero-order valence-electron chi connectivity index (χ0n) is 13.8. The van der Waals surface area contributed by atoms with Crippen LogP contribution in [0.1, 0.15) is 32.6 Å². The van der Waals surface area contributed by atoms with Crippen LogP contribution in [-0.2, 0) is 14.3 Å². The smallest absolute Gasteiger partial charge is 0.224 e. The van der Waals surface area contributed by atoms with Gasteiger partial charge in [-0.05, 0) is 19.8 Å². The van der Waals surface area contributed by atoms with Crippen molar-refractivity contribution in [3.63, 3.8) is 0 Å². The first-order chi connectivity index (χ1) is 10.7. The molecule has 2 N–H and O–H groups in total. The van der Waals surface area contributed by atoms with E-state index in [1.54, 1.807) is 0 Å². The Hall–Kier alpha value is -0.400. The number of morpholine rings is 1. The van der Waals surface area contributed by atoms with Crippen molar-refractivity contribution < 1.29 is 19.4 Å². The summed E-state index contributed by atoms with van der Waals surface area (Å²) in [4.78, 5) is 14.3. The van der Waals surface area contributed by atoms with Gasteiger partial charge in [0.25, 0.3) is 0 Å². The molecule has 7 heteroatoms. The third kappa shape index (κ3) is 3.82. The fourth-order valence-corrected chi connectivity index (χ4v) is 4.08. The molecule has 2 saturated heterocycles. The molecule has 3 unspecified atom stereocenters. The maximum Gasteiger partial charge on any atom is 0.224 e. The second-order valence-corrected chi connectivity index (χ2v) is 6.74. The van der Waals surface area contributed by atoms with Gasteiger partial charge in [-0.2, -0.15) is 0 Å². The minimum atomic E-state index is -0.269.